The number of nitrogens with zero attached hydrogens (tertiary/aromatic N) is 3. The Morgan fingerprint density at radius 2 is 1.79 bits per heavy atom. The van der Waals surface area contributed by atoms with Crippen LogP contribution < -0.4 is 10.3 Å². The number of methoxy groups -OCH3 is 1. The van der Waals surface area contributed by atoms with Gasteiger partial charge < -0.3 is 9.64 Å². The van der Waals surface area contributed by atoms with E-state index in [0.29, 0.717) is 27.9 Å². The molecular formula is C22H23N3O3. The lowest BCUT2D eigenvalue weighted by Gasteiger charge is -2.33. The molecule has 0 spiro atoms. The zero-order valence-corrected chi connectivity index (χ0v) is 16.1. The maximum atomic E-state index is 13.3. The van der Waals surface area contributed by atoms with Crippen LogP contribution in [0.1, 0.15) is 36.7 Å². The van der Waals surface area contributed by atoms with Gasteiger partial charge in [0.1, 0.15) is 5.75 Å². The van der Waals surface area contributed by atoms with Crippen LogP contribution in [0.4, 0.5) is 0 Å². The molecule has 1 fully saturated rings. The van der Waals surface area contributed by atoms with Crippen molar-refractivity contribution in [2.24, 2.45) is 0 Å². The second-order valence-electron chi connectivity index (χ2n) is 7.15. The third-order valence-corrected chi connectivity index (χ3v) is 5.39. The summed E-state index contributed by atoms with van der Waals surface area (Å²) in [6.07, 6.45) is 3.11. The SMILES string of the molecule is COc1ccc(-n2nc(C(=O)N3CCCC[C@H]3C)c3ccccc3c2=O)cc1. The molecule has 28 heavy (non-hydrogen) atoms. The summed E-state index contributed by atoms with van der Waals surface area (Å²) in [5.74, 6) is 0.571. The number of benzene rings is 2. The van der Waals surface area contributed by atoms with Gasteiger partial charge in [0.2, 0.25) is 0 Å². The largest absolute Gasteiger partial charge is 0.497 e. The summed E-state index contributed by atoms with van der Waals surface area (Å²) in [7, 11) is 1.59. The summed E-state index contributed by atoms with van der Waals surface area (Å²) >= 11 is 0. The van der Waals surface area contributed by atoms with Crippen LogP contribution in [0.25, 0.3) is 16.5 Å². The van der Waals surface area contributed by atoms with Crippen LogP contribution in [-0.2, 0) is 0 Å². The molecule has 3 aromatic rings. The van der Waals surface area contributed by atoms with Crippen molar-refractivity contribution in [3.63, 3.8) is 0 Å². The Kier molecular flexibility index (Phi) is 4.86. The number of piperidine rings is 1. The minimum atomic E-state index is -0.246. The third kappa shape index (κ3) is 3.15. The number of likely N-dealkylation sites (tertiary alicyclic amines) is 1. The Bertz CT molecular complexity index is 1070. The van der Waals surface area contributed by atoms with Gasteiger partial charge in [0.05, 0.1) is 18.2 Å². The van der Waals surface area contributed by atoms with Gasteiger partial charge in [-0.2, -0.15) is 9.78 Å². The Morgan fingerprint density at radius 3 is 2.46 bits per heavy atom. The standard InChI is InChI=1S/C22H23N3O3/c1-15-7-5-6-14-24(15)22(27)20-18-8-3-4-9-19(18)21(26)25(23-20)16-10-12-17(28-2)13-11-16/h3-4,8-13,15H,5-7,14H2,1-2H3/t15-/m1/s1. The minimum Gasteiger partial charge on any atom is -0.497 e. The lowest BCUT2D eigenvalue weighted by atomic mass is 10.0. The summed E-state index contributed by atoms with van der Waals surface area (Å²) in [6.45, 7) is 2.79. The van der Waals surface area contributed by atoms with Crippen LogP contribution >= 0.6 is 0 Å². The highest BCUT2D eigenvalue weighted by atomic mass is 16.5. The molecule has 6 nitrogen and oxygen atoms in total. The number of carbonyl (C=O) groups excluding carboxylic acids is 1. The van der Waals surface area contributed by atoms with Gasteiger partial charge in [0, 0.05) is 18.0 Å². The molecule has 2 heterocycles. The average Bonchev–Trinajstić information content (AvgIpc) is 2.74. The van der Waals surface area contributed by atoms with Gasteiger partial charge in [-0.25, -0.2) is 0 Å². The van der Waals surface area contributed by atoms with Crippen LogP contribution in [0.5, 0.6) is 5.75 Å². The summed E-state index contributed by atoms with van der Waals surface area (Å²) in [5, 5.41) is 5.59. The molecule has 1 aliphatic rings. The van der Waals surface area contributed by atoms with Crippen LogP contribution in [0.2, 0.25) is 0 Å². The smallest absolute Gasteiger partial charge is 0.279 e. The lowest BCUT2D eigenvalue weighted by Crippen LogP contribution is -2.43. The zero-order chi connectivity index (χ0) is 19.7. The molecule has 6 heteroatoms. The molecule has 4 rings (SSSR count). The van der Waals surface area contributed by atoms with E-state index in [1.54, 1.807) is 49.6 Å². The maximum Gasteiger partial charge on any atom is 0.279 e. The highest BCUT2D eigenvalue weighted by Crippen LogP contribution is 2.22. The van der Waals surface area contributed by atoms with Crippen LogP contribution in [0.3, 0.4) is 0 Å². The van der Waals surface area contributed by atoms with Crippen molar-refractivity contribution in [1.29, 1.82) is 0 Å². The number of rotatable bonds is 3. The monoisotopic (exact) mass is 377 g/mol. The van der Waals surface area contributed by atoms with E-state index in [4.69, 9.17) is 4.74 Å². The predicted octanol–water partition coefficient (Wildman–Crippen LogP) is 3.41. The fourth-order valence-corrected chi connectivity index (χ4v) is 3.78. The molecule has 0 unspecified atom stereocenters. The van der Waals surface area contributed by atoms with Gasteiger partial charge in [-0.3, -0.25) is 9.59 Å². The van der Waals surface area contributed by atoms with Crippen molar-refractivity contribution in [2.75, 3.05) is 13.7 Å². The van der Waals surface area contributed by atoms with Gasteiger partial charge in [0.15, 0.2) is 5.69 Å². The summed E-state index contributed by atoms with van der Waals surface area (Å²) in [5.41, 5.74) is 0.668. The van der Waals surface area contributed by atoms with E-state index >= 15 is 0 Å². The Hall–Kier alpha value is -3.15. The molecule has 1 atom stereocenters. The third-order valence-electron chi connectivity index (χ3n) is 5.39. The predicted molar refractivity (Wildman–Crippen MR) is 108 cm³/mol. The second-order valence-corrected chi connectivity index (χ2v) is 7.15. The Morgan fingerprint density at radius 1 is 1.07 bits per heavy atom. The highest BCUT2D eigenvalue weighted by Gasteiger charge is 2.27. The molecule has 0 N–H and O–H groups in total. The van der Waals surface area contributed by atoms with E-state index in [1.165, 1.54) is 4.68 Å². The first-order valence-electron chi connectivity index (χ1n) is 9.57. The summed E-state index contributed by atoms with van der Waals surface area (Å²) < 4.78 is 6.50. The van der Waals surface area contributed by atoms with Gasteiger partial charge in [-0.1, -0.05) is 18.2 Å². The second kappa shape index (κ2) is 7.46. The normalized spacial score (nSPS) is 16.9. The molecule has 1 aromatic heterocycles. The molecular weight excluding hydrogens is 354 g/mol. The number of aromatic nitrogens is 2. The maximum absolute atomic E-state index is 13.3. The first kappa shape index (κ1) is 18.2. The Balaban J connectivity index is 1.89. The van der Waals surface area contributed by atoms with Crippen molar-refractivity contribution < 1.29 is 9.53 Å². The quantitative estimate of drug-likeness (QED) is 0.702. The van der Waals surface area contributed by atoms with Gasteiger partial charge in [0.25, 0.3) is 11.5 Å². The van der Waals surface area contributed by atoms with Crippen molar-refractivity contribution in [3.8, 4) is 11.4 Å². The number of ether oxygens (including phenoxy) is 1. The van der Waals surface area contributed by atoms with Crippen molar-refractivity contribution in [3.05, 3.63) is 64.6 Å². The molecule has 1 amide bonds. The van der Waals surface area contributed by atoms with E-state index in [0.717, 1.165) is 25.8 Å². The molecule has 0 saturated carbocycles. The van der Waals surface area contributed by atoms with Crippen molar-refractivity contribution in [2.45, 2.75) is 32.2 Å². The first-order chi connectivity index (χ1) is 13.6. The van der Waals surface area contributed by atoms with Gasteiger partial charge in [-0.15, -0.1) is 0 Å². The molecule has 0 aliphatic carbocycles. The number of fused-ring (bicyclic) bond motifs is 1. The molecule has 2 aromatic carbocycles. The molecule has 0 bridgehead atoms. The van der Waals surface area contributed by atoms with E-state index in [-0.39, 0.29) is 17.5 Å². The lowest BCUT2D eigenvalue weighted by molar-refractivity contribution is 0.0630. The molecule has 0 radical (unpaired) electrons. The number of hydrogen-bond donors (Lipinski definition) is 0. The van der Waals surface area contributed by atoms with Crippen LogP contribution in [0, 0.1) is 0 Å². The van der Waals surface area contributed by atoms with Crippen molar-refractivity contribution >= 4 is 16.7 Å². The van der Waals surface area contributed by atoms with Gasteiger partial charge in [-0.05, 0) is 56.5 Å². The number of amides is 1. The Labute approximate surface area is 163 Å². The van der Waals surface area contributed by atoms with E-state index in [1.807, 2.05) is 11.0 Å². The zero-order valence-electron chi connectivity index (χ0n) is 16.1. The molecule has 1 saturated heterocycles. The number of hydrogen-bond acceptors (Lipinski definition) is 4. The first-order valence-corrected chi connectivity index (χ1v) is 9.57. The van der Waals surface area contributed by atoms with Crippen LogP contribution in [0.15, 0.2) is 53.3 Å². The fourth-order valence-electron chi connectivity index (χ4n) is 3.78. The fraction of sp³-hybridized carbons (Fsp3) is 0.318. The van der Waals surface area contributed by atoms with E-state index in [2.05, 4.69) is 12.0 Å². The average molecular weight is 377 g/mol. The van der Waals surface area contributed by atoms with Crippen LogP contribution in [-0.4, -0.2) is 40.3 Å². The topological polar surface area (TPSA) is 64.4 Å². The molecule has 1 aliphatic heterocycles. The van der Waals surface area contributed by atoms with Gasteiger partial charge >= 0.3 is 0 Å². The summed E-state index contributed by atoms with van der Waals surface area (Å²) in [4.78, 5) is 28.3. The molecule has 144 valence electrons. The minimum absolute atomic E-state index is 0.120. The van der Waals surface area contributed by atoms with E-state index in [9.17, 15) is 9.59 Å². The van der Waals surface area contributed by atoms with E-state index < -0.39 is 0 Å². The summed E-state index contributed by atoms with van der Waals surface area (Å²) in [6, 6.07) is 14.4. The van der Waals surface area contributed by atoms with Crippen molar-refractivity contribution in [1.82, 2.24) is 14.7 Å². The number of carbonyl (C=O) groups is 1. The highest BCUT2D eigenvalue weighted by molar-refractivity contribution is 6.05.